The van der Waals surface area contributed by atoms with Gasteiger partial charge in [-0.3, -0.25) is 0 Å². The van der Waals surface area contributed by atoms with Crippen LogP contribution in [0.25, 0.3) is 0 Å². The van der Waals surface area contributed by atoms with Crippen molar-refractivity contribution in [2.75, 3.05) is 6.54 Å². The molecule has 0 aromatic heterocycles. The Morgan fingerprint density at radius 2 is 1.89 bits per heavy atom. The predicted octanol–water partition coefficient (Wildman–Crippen LogP) is 2.26. The SMILES string of the molecule is CCCCCNS(=O)(=O)c1cc(CO)cc(C)c1C. The zero-order valence-electron chi connectivity index (χ0n) is 11.9. The summed E-state index contributed by atoms with van der Waals surface area (Å²) in [5, 5.41) is 9.17. The lowest BCUT2D eigenvalue weighted by Gasteiger charge is -2.13. The van der Waals surface area contributed by atoms with Gasteiger partial charge >= 0.3 is 0 Å². The van der Waals surface area contributed by atoms with Gasteiger partial charge in [-0.05, 0) is 43.0 Å². The molecule has 108 valence electrons. The molecule has 19 heavy (non-hydrogen) atoms. The summed E-state index contributed by atoms with van der Waals surface area (Å²) < 4.78 is 27.1. The summed E-state index contributed by atoms with van der Waals surface area (Å²) in [4.78, 5) is 0.271. The number of nitrogens with one attached hydrogen (secondary N) is 1. The van der Waals surface area contributed by atoms with Crippen molar-refractivity contribution in [2.24, 2.45) is 0 Å². The lowest BCUT2D eigenvalue weighted by Crippen LogP contribution is -2.26. The van der Waals surface area contributed by atoms with Crippen LogP contribution in [0.3, 0.4) is 0 Å². The van der Waals surface area contributed by atoms with Crippen LogP contribution < -0.4 is 4.72 Å². The number of hydrogen-bond donors (Lipinski definition) is 2. The molecular weight excluding hydrogens is 262 g/mol. The van der Waals surface area contributed by atoms with Crippen molar-refractivity contribution >= 4 is 10.0 Å². The van der Waals surface area contributed by atoms with Crippen LogP contribution in [-0.2, 0) is 16.6 Å². The number of sulfonamides is 1. The first kappa shape index (κ1) is 16.1. The normalized spacial score (nSPS) is 11.8. The molecule has 0 atom stereocenters. The van der Waals surface area contributed by atoms with Crippen LogP contribution in [0.2, 0.25) is 0 Å². The Bertz CT molecular complexity index is 524. The molecule has 0 aliphatic rings. The maximum atomic E-state index is 12.2. The molecule has 4 nitrogen and oxygen atoms in total. The monoisotopic (exact) mass is 285 g/mol. The molecule has 0 unspecified atom stereocenters. The zero-order valence-corrected chi connectivity index (χ0v) is 12.7. The third kappa shape index (κ3) is 4.30. The Kier molecular flexibility index (Phi) is 5.97. The van der Waals surface area contributed by atoms with Gasteiger partial charge in [-0.15, -0.1) is 0 Å². The minimum absolute atomic E-state index is 0.153. The van der Waals surface area contributed by atoms with Gasteiger partial charge in [0.2, 0.25) is 10.0 Å². The summed E-state index contributed by atoms with van der Waals surface area (Å²) in [6.45, 7) is 6.02. The molecule has 0 saturated heterocycles. The van der Waals surface area contributed by atoms with Gasteiger partial charge in [-0.1, -0.05) is 25.8 Å². The van der Waals surface area contributed by atoms with Crippen LogP contribution >= 0.6 is 0 Å². The molecule has 0 aliphatic heterocycles. The van der Waals surface area contributed by atoms with E-state index in [1.54, 1.807) is 13.0 Å². The fourth-order valence-electron chi connectivity index (χ4n) is 1.93. The Balaban J connectivity index is 2.97. The smallest absolute Gasteiger partial charge is 0.240 e. The van der Waals surface area contributed by atoms with Crippen molar-refractivity contribution in [2.45, 2.75) is 51.5 Å². The van der Waals surface area contributed by atoms with Gasteiger partial charge in [0.15, 0.2) is 0 Å². The van der Waals surface area contributed by atoms with Gasteiger partial charge in [0.05, 0.1) is 11.5 Å². The maximum Gasteiger partial charge on any atom is 0.240 e. The second-order valence-corrected chi connectivity index (χ2v) is 6.53. The molecule has 2 N–H and O–H groups in total. The van der Waals surface area contributed by atoms with Gasteiger partial charge in [-0.2, -0.15) is 0 Å². The van der Waals surface area contributed by atoms with Crippen LogP contribution in [0.1, 0.15) is 42.9 Å². The fourth-order valence-corrected chi connectivity index (χ4v) is 3.37. The number of hydrogen-bond acceptors (Lipinski definition) is 3. The number of unbranched alkanes of at least 4 members (excludes halogenated alkanes) is 2. The average molecular weight is 285 g/mol. The first-order chi connectivity index (χ1) is 8.92. The van der Waals surface area contributed by atoms with E-state index in [4.69, 9.17) is 0 Å². The lowest BCUT2D eigenvalue weighted by atomic mass is 10.1. The molecule has 5 heteroatoms. The van der Waals surface area contributed by atoms with E-state index in [-0.39, 0.29) is 11.5 Å². The molecule has 0 heterocycles. The Hall–Kier alpha value is -0.910. The number of aliphatic hydroxyl groups is 1. The Labute approximate surface area is 115 Å². The summed E-state index contributed by atoms with van der Waals surface area (Å²) >= 11 is 0. The highest BCUT2D eigenvalue weighted by Gasteiger charge is 2.18. The second kappa shape index (κ2) is 7.03. The number of benzene rings is 1. The summed E-state index contributed by atoms with van der Waals surface area (Å²) in [7, 11) is -3.49. The van der Waals surface area contributed by atoms with Crippen LogP contribution in [-0.4, -0.2) is 20.1 Å². The minimum Gasteiger partial charge on any atom is -0.392 e. The number of aliphatic hydroxyl groups excluding tert-OH is 1. The Morgan fingerprint density at radius 3 is 2.47 bits per heavy atom. The molecule has 1 aromatic rings. The van der Waals surface area contributed by atoms with E-state index in [0.717, 1.165) is 30.4 Å². The van der Waals surface area contributed by atoms with Crippen molar-refractivity contribution in [1.29, 1.82) is 0 Å². The molecule has 0 spiro atoms. The van der Waals surface area contributed by atoms with Gasteiger partial charge in [0.1, 0.15) is 0 Å². The summed E-state index contributed by atoms with van der Waals surface area (Å²) in [5.74, 6) is 0. The highest BCUT2D eigenvalue weighted by molar-refractivity contribution is 7.89. The molecule has 0 amide bonds. The molecule has 1 aromatic carbocycles. The van der Waals surface area contributed by atoms with Crippen molar-refractivity contribution in [3.8, 4) is 0 Å². The standard InChI is InChI=1S/C14H23NO3S/c1-4-5-6-7-15-19(17,18)14-9-13(10-16)8-11(2)12(14)3/h8-9,15-16H,4-7,10H2,1-3H3. The number of rotatable bonds is 7. The van der Waals surface area contributed by atoms with Crippen molar-refractivity contribution in [3.63, 3.8) is 0 Å². The molecule has 0 bridgehead atoms. The van der Waals surface area contributed by atoms with E-state index < -0.39 is 10.0 Å². The molecule has 0 aliphatic carbocycles. The van der Waals surface area contributed by atoms with Crippen LogP contribution in [0, 0.1) is 13.8 Å². The second-order valence-electron chi connectivity index (χ2n) is 4.80. The third-order valence-electron chi connectivity index (χ3n) is 3.22. The first-order valence-corrected chi connectivity index (χ1v) is 8.11. The third-order valence-corrected chi connectivity index (χ3v) is 4.81. The summed E-state index contributed by atoms with van der Waals surface area (Å²) in [6.07, 6.45) is 2.91. The van der Waals surface area contributed by atoms with Gasteiger partial charge in [-0.25, -0.2) is 13.1 Å². The predicted molar refractivity (Wildman–Crippen MR) is 76.6 cm³/mol. The van der Waals surface area contributed by atoms with Gasteiger partial charge in [0, 0.05) is 6.54 Å². The highest BCUT2D eigenvalue weighted by Crippen LogP contribution is 2.21. The maximum absolute atomic E-state index is 12.2. The van der Waals surface area contributed by atoms with E-state index in [2.05, 4.69) is 11.6 Å². The van der Waals surface area contributed by atoms with E-state index in [1.807, 2.05) is 13.0 Å². The quantitative estimate of drug-likeness (QED) is 0.755. The number of aryl methyl sites for hydroxylation is 1. The van der Waals surface area contributed by atoms with Crippen LogP contribution in [0.5, 0.6) is 0 Å². The molecular formula is C14H23NO3S. The minimum atomic E-state index is -3.49. The van der Waals surface area contributed by atoms with Crippen molar-refractivity contribution in [3.05, 3.63) is 28.8 Å². The summed E-state index contributed by atoms with van der Waals surface area (Å²) in [6, 6.07) is 3.36. The first-order valence-electron chi connectivity index (χ1n) is 6.63. The van der Waals surface area contributed by atoms with E-state index in [0.29, 0.717) is 12.1 Å². The van der Waals surface area contributed by atoms with E-state index >= 15 is 0 Å². The largest absolute Gasteiger partial charge is 0.392 e. The van der Waals surface area contributed by atoms with Gasteiger partial charge in [0.25, 0.3) is 0 Å². The Morgan fingerprint density at radius 1 is 1.21 bits per heavy atom. The average Bonchev–Trinajstić information content (AvgIpc) is 2.37. The van der Waals surface area contributed by atoms with E-state index in [1.165, 1.54) is 0 Å². The van der Waals surface area contributed by atoms with Crippen LogP contribution in [0.4, 0.5) is 0 Å². The fraction of sp³-hybridized carbons (Fsp3) is 0.571. The molecule has 0 saturated carbocycles. The van der Waals surface area contributed by atoms with Crippen LogP contribution in [0.15, 0.2) is 17.0 Å². The van der Waals surface area contributed by atoms with Gasteiger partial charge < -0.3 is 5.11 Å². The lowest BCUT2D eigenvalue weighted by molar-refractivity contribution is 0.281. The topological polar surface area (TPSA) is 66.4 Å². The molecule has 0 fully saturated rings. The molecule has 0 radical (unpaired) electrons. The van der Waals surface area contributed by atoms with E-state index in [9.17, 15) is 13.5 Å². The molecule has 1 rings (SSSR count). The summed E-state index contributed by atoms with van der Waals surface area (Å²) in [5.41, 5.74) is 2.23. The van der Waals surface area contributed by atoms with Crippen molar-refractivity contribution in [1.82, 2.24) is 4.72 Å². The van der Waals surface area contributed by atoms with Crippen molar-refractivity contribution < 1.29 is 13.5 Å². The highest BCUT2D eigenvalue weighted by atomic mass is 32.2. The zero-order chi connectivity index (χ0) is 14.5.